The molecule has 0 bridgehead atoms. The molecule has 2 rings (SSSR count). The number of hydrogen-bond acceptors (Lipinski definition) is 6. The largest absolute Gasteiger partial charge is 0.285 e. The predicted octanol–water partition coefficient (Wildman–Crippen LogP) is 2.96. The zero-order valence-electron chi connectivity index (χ0n) is 11.2. The van der Waals surface area contributed by atoms with Crippen molar-refractivity contribution in [3.8, 4) is 0 Å². The van der Waals surface area contributed by atoms with Crippen molar-refractivity contribution in [1.82, 2.24) is 0 Å². The third kappa shape index (κ3) is 3.79. The average Bonchev–Trinajstić information content (AvgIpc) is 2.52. The molecule has 0 atom stereocenters. The van der Waals surface area contributed by atoms with Crippen LogP contribution in [0.25, 0.3) is 0 Å². The molecule has 0 aliphatic rings. The van der Waals surface area contributed by atoms with Crippen LogP contribution in [0.4, 0.5) is 11.4 Å². The minimum absolute atomic E-state index is 0.140. The lowest BCUT2D eigenvalue weighted by Gasteiger charge is -1.96. The number of hydrogen-bond donors (Lipinski definition) is 0. The molecule has 8 nitrogen and oxygen atoms in total. The van der Waals surface area contributed by atoms with Crippen molar-refractivity contribution < 1.29 is 9.85 Å². The van der Waals surface area contributed by atoms with Crippen molar-refractivity contribution in [2.24, 2.45) is 10.2 Å². The second-order valence-electron chi connectivity index (χ2n) is 4.16. The zero-order valence-corrected chi connectivity index (χ0v) is 11.2. The molecule has 8 heteroatoms. The normalized spacial score (nSPS) is 11.1. The Morgan fingerprint density at radius 2 is 1.55 bits per heavy atom. The van der Waals surface area contributed by atoms with Gasteiger partial charge in [-0.1, -0.05) is 30.3 Å². The first-order valence-electron chi connectivity index (χ1n) is 6.12. The fraction of sp³-hybridized carbons (Fsp3) is 0. The van der Waals surface area contributed by atoms with Crippen molar-refractivity contribution in [3.63, 3.8) is 0 Å². The van der Waals surface area contributed by atoms with Crippen molar-refractivity contribution in [2.45, 2.75) is 0 Å². The third-order valence-electron chi connectivity index (χ3n) is 2.69. The third-order valence-corrected chi connectivity index (χ3v) is 2.69. The van der Waals surface area contributed by atoms with Gasteiger partial charge < -0.3 is 0 Å². The Morgan fingerprint density at radius 1 is 0.864 bits per heavy atom. The van der Waals surface area contributed by atoms with Crippen LogP contribution in [-0.2, 0) is 0 Å². The molecule has 0 aliphatic carbocycles. The monoisotopic (exact) mass is 298 g/mol. The van der Waals surface area contributed by atoms with Gasteiger partial charge in [-0.2, -0.15) is 10.2 Å². The summed E-state index contributed by atoms with van der Waals surface area (Å²) in [4.78, 5) is 20.2. The summed E-state index contributed by atoms with van der Waals surface area (Å²) in [5.41, 5.74) is 0.225. The fourth-order valence-corrected chi connectivity index (χ4v) is 1.65. The number of nitro benzene ring substituents is 2. The Kier molecular flexibility index (Phi) is 4.66. The van der Waals surface area contributed by atoms with Gasteiger partial charge in [0.25, 0.3) is 11.4 Å². The van der Waals surface area contributed by atoms with E-state index in [2.05, 4.69) is 10.2 Å². The van der Waals surface area contributed by atoms with Crippen LogP contribution >= 0.6 is 0 Å². The van der Waals surface area contributed by atoms with E-state index >= 15 is 0 Å². The molecule has 0 saturated carbocycles. The molecule has 0 amide bonds. The summed E-state index contributed by atoms with van der Waals surface area (Å²) in [6, 6.07) is 12.5. The van der Waals surface area contributed by atoms with Crippen molar-refractivity contribution >= 4 is 23.8 Å². The molecule has 22 heavy (non-hydrogen) atoms. The van der Waals surface area contributed by atoms with Crippen LogP contribution in [0.1, 0.15) is 11.1 Å². The Balaban J connectivity index is 2.22. The van der Waals surface area contributed by atoms with Crippen molar-refractivity contribution in [1.29, 1.82) is 0 Å². The molecule has 0 radical (unpaired) electrons. The van der Waals surface area contributed by atoms with Gasteiger partial charge >= 0.3 is 0 Å². The highest BCUT2D eigenvalue weighted by Crippen LogP contribution is 2.23. The first-order chi connectivity index (χ1) is 10.6. The van der Waals surface area contributed by atoms with E-state index in [-0.39, 0.29) is 11.3 Å². The lowest BCUT2D eigenvalue weighted by Crippen LogP contribution is -1.97. The summed E-state index contributed by atoms with van der Waals surface area (Å²) in [7, 11) is 0. The van der Waals surface area contributed by atoms with Gasteiger partial charge in [0.1, 0.15) is 0 Å². The number of benzene rings is 2. The zero-order chi connectivity index (χ0) is 15.9. The molecule has 2 aromatic rings. The smallest absolute Gasteiger partial charge is 0.258 e. The van der Waals surface area contributed by atoms with E-state index < -0.39 is 15.5 Å². The SMILES string of the molecule is O=[N+]([O-])c1ccc(C=NN=Cc2ccccc2)c([N+](=O)[O-])c1. The molecule has 0 N–H and O–H groups in total. The minimum atomic E-state index is -0.699. The average molecular weight is 298 g/mol. The van der Waals surface area contributed by atoms with Crippen LogP contribution in [0.15, 0.2) is 58.7 Å². The van der Waals surface area contributed by atoms with Gasteiger partial charge in [-0.05, 0) is 11.6 Å². The maximum absolute atomic E-state index is 10.9. The van der Waals surface area contributed by atoms with E-state index in [4.69, 9.17) is 0 Å². The number of nitro groups is 2. The standard InChI is InChI=1S/C14H10N4O4/c19-17(20)13-7-6-12(14(8-13)18(21)22)10-16-15-9-11-4-2-1-3-5-11/h1-10H. The molecule has 0 aliphatic heterocycles. The Labute approximate surface area is 124 Å². The Bertz CT molecular complexity index is 757. The second-order valence-corrected chi connectivity index (χ2v) is 4.16. The van der Waals surface area contributed by atoms with Gasteiger partial charge in [0, 0.05) is 6.07 Å². The van der Waals surface area contributed by atoms with E-state index in [9.17, 15) is 20.2 Å². The second kappa shape index (κ2) is 6.84. The Hall–Kier alpha value is -3.42. The summed E-state index contributed by atoms with van der Waals surface area (Å²) >= 11 is 0. The van der Waals surface area contributed by atoms with Crippen LogP contribution in [0.3, 0.4) is 0 Å². The van der Waals surface area contributed by atoms with Gasteiger partial charge in [-0.3, -0.25) is 20.2 Å². The van der Waals surface area contributed by atoms with Gasteiger partial charge in [0.15, 0.2) is 0 Å². The predicted molar refractivity (Wildman–Crippen MR) is 81.4 cm³/mol. The van der Waals surface area contributed by atoms with Crippen LogP contribution in [0.5, 0.6) is 0 Å². The fourth-order valence-electron chi connectivity index (χ4n) is 1.65. The van der Waals surface area contributed by atoms with E-state index in [0.717, 1.165) is 11.6 Å². The highest BCUT2D eigenvalue weighted by molar-refractivity contribution is 5.87. The number of non-ortho nitro benzene ring substituents is 1. The molecule has 110 valence electrons. The lowest BCUT2D eigenvalue weighted by atomic mass is 10.2. The van der Waals surface area contributed by atoms with E-state index in [1.54, 1.807) is 0 Å². The topological polar surface area (TPSA) is 111 Å². The molecule has 0 heterocycles. The molecule has 2 aromatic carbocycles. The first kappa shape index (κ1) is 15.0. The highest BCUT2D eigenvalue weighted by atomic mass is 16.6. The molecule has 0 aromatic heterocycles. The summed E-state index contributed by atoms with van der Waals surface area (Å²) in [6.07, 6.45) is 2.68. The van der Waals surface area contributed by atoms with Gasteiger partial charge in [-0.25, -0.2) is 0 Å². The summed E-state index contributed by atoms with van der Waals surface area (Å²) in [5, 5.41) is 29.1. The van der Waals surface area contributed by atoms with Crippen molar-refractivity contribution in [3.05, 3.63) is 79.9 Å². The molecular formula is C14H10N4O4. The lowest BCUT2D eigenvalue weighted by molar-refractivity contribution is -0.394. The maximum Gasteiger partial charge on any atom is 0.285 e. The molecule has 0 fully saturated rings. The molecular weight excluding hydrogens is 288 g/mol. The summed E-state index contributed by atoms with van der Waals surface area (Å²) < 4.78 is 0. The van der Waals surface area contributed by atoms with Gasteiger partial charge in [-0.15, -0.1) is 0 Å². The minimum Gasteiger partial charge on any atom is -0.258 e. The van der Waals surface area contributed by atoms with Crippen LogP contribution in [-0.4, -0.2) is 22.3 Å². The van der Waals surface area contributed by atoms with Crippen LogP contribution in [0.2, 0.25) is 0 Å². The molecule has 0 unspecified atom stereocenters. The molecule has 0 saturated heterocycles. The summed E-state index contributed by atoms with van der Waals surface area (Å²) in [6.45, 7) is 0. The molecule has 0 spiro atoms. The number of rotatable bonds is 5. The summed E-state index contributed by atoms with van der Waals surface area (Å²) in [5.74, 6) is 0. The Morgan fingerprint density at radius 3 is 2.18 bits per heavy atom. The van der Waals surface area contributed by atoms with Crippen molar-refractivity contribution in [2.75, 3.05) is 0 Å². The quantitative estimate of drug-likeness (QED) is 0.480. The van der Waals surface area contributed by atoms with Gasteiger partial charge in [0.05, 0.1) is 33.9 Å². The van der Waals surface area contributed by atoms with Gasteiger partial charge in [0.2, 0.25) is 0 Å². The number of nitrogens with zero attached hydrogens (tertiary/aromatic N) is 4. The van der Waals surface area contributed by atoms with Crippen LogP contribution < -0.4 is 0 Å². The van der Waals surface area contributed by atoms with E-state index in [1.165, 1.54) is 24.6 Å². The van der Waals surface area contributed by atoms with Crippen LogP contribution in [0, 0.1) is 20.2 Å². The van der Waals surface area contributed by atoms with E-state index in [0.29, 0.717) is 0 Å². The van der Waals surface area contributed by atoms with E-state index in [1.807, 2.05) is 30.3 Å². The first-order valence-corrected chi connectivity index (χ1v) is 6.12. The highest BCUT2D eigenvalue weighted by Gasteiger charge is 2.17. The maximum atomic E-state index is 10.9.